The summed E-state index contributed by atoms with van der Waals surface area (Å²) in [5.74, 6) is 0.327. The maximum atomic E-state index is 13.2. The molecule has 1 heterocycles. The summed E-state index contributed by atoms with van der Waals surface area (Å²) in [7, 11) is 0. The third-order valence-corrected chi connectivity index (χ3v) is 3.71. The lowest BCUT2D eigenvalue weighted by Gasteiger charge is -2.23. The summed E-state index contributed by atoms with van der Waals surface area (Å²) < 4.78 is 13.2. The van der Waals surface area contributed by atoms with Gasteiger partial charge in [0.25, 0.3) is 0 Å². The molecule has 2 amide bonds. The van der Waals surface area contributed by atoms with Crippen molar-refractivity contribution in [2.45, 2.75) is 12.8 Å². The molecule has 0 saturated heterocycles. The van der Waals surface area contributed by atoms with Gasteiger partial charge in [-0.2, -0.15) is 0 Å². The Bertz CT molecular complexity index is 746. The van der Waals surface area contributed by atoms with Gasteiger partial charge in [-0.3, -0.25) is 9.89 Å². The second-order valence-electron chi connectivity index (χ2n) is 5.15. The van der Waals surface area contributed by atoms with Crippen molar-refractivity contribution in [2.24, 2.45) is 4.99 Å². The number of carbonyl (C=O) groups excluding carboxylic acids is 1. The van der Waals surface area contributed by atoms with Gasteiger partial charge < -0.3 is 5.32 Å². The highest BCUT2D eigenvalue weighted by Crippen LogP contribution is 2.22. The molecule has 1 N–H and O–H groups in total. The monoisotopic (exact) mass is 331 g/mol. The summed E-state index contributed by atoms with van der Waals surface area (Å²) in [4.78, 5) is 18.6. The summed E-state index contributed by atoms with van der Waals surface area (Å²) in [6.07, 6.45) is 1.61. The van der Waals surface area contributed by atoms with E-state index in [0.717, 1.165) is 6.42 Å². The molecule has 4 nitrogen and oxygen atoms in total. The molecule has 1 aliphatic heterocycles. The average molecular weight is 332 g/mol. The number of amidine groups is 1. The second-order valence-corrected chi connectivity index (χ2v) is 5.59. The Balaban J connectivity index is 1.88. The van der Waals surface area contributed by atoms with Crippen molar-refractivity contribution in [3.05, 3.63) is 59.4 Å². The van der Waals surface area contributed by atoms with Crippen LogP contribution in [0.1, 0.15) is 12.8 Å². The summed E-state index contributed by atoms with van der Waals surface area (Å²) in [5.41, 5.74) is 1.17. The molecule has 23 heavy (non-hydrogen) atoms. The van der Waals surface area contributed by atoms with Crippen molar-refractivity contribution in [3.8, 4) is 0 Å². The molecule has 118 valence electrons. The van der Waals surface area contributed by atoms with Gasteiger partial charge in [-0.05, 0) is 48.9 Å². The van der Waals surface area contributed by atoms with Crippen LogP contribution in [0.2, 0.25) is 5.02 Å². The quantitative estimate of drug-likeness (QED) is 0.851. The zero-order chi connectivity index (χ0) is 16.2. The van der Waals surface area contributed by atoms with E-state index >= 15 is 0 Å². The zero-order valence-electron chi connectivity index (χ0n) is 12.3. The molecule has 0 bridgehead atoms. The fourth-order valence-corrected chi connectivity index (χ4v) is 2.62. The van der Waals surface area contributed by atoms with E-state index < -0.39 is 0 Å². The molecule has 3 rings (SSSR count). The maximum Gasteiger partial charge on any atom is 0.331 e. The van der Waals surface area contributed by atoms with Gasteiger partial charge in [0.15, 0.2) is 0 Å². The summed E-state index contributed by atoms with van der Waals surface area (Å²) in [6, 6.07) is 12.3. The normalized spacial score (nSPS) is 13.6. The highest BCUT2D eigenvalue weighted by Gasteiger charge is 2.23. The van der Waals surface area contributed by atoms with Crippen LogP contribution < -0.4 is 10.2 Å². The number of carbonyl (C=O) groups is 1. The largest absolute Gasteiger partial charge is 0.331 e. The standard InChI is InChI=1S/C17H15ClFN3O/c18-12-3-1-4-14(11-12)21-17(23)22(16-5-2-10-20-16)15-8-6-13(19)7-9-15/h1,3-4,6-9,11H,2,5,10H2,(H,21,23). The first-order valence-electron chi connectivity index (χ1n) is 7.29. The van der Waals surface area contributed by atoms with Gasteiger partial charge in [0.1, 0.15) is 11.7 Å². The average Bonchev–Trinajstić information content (AvgIpc) is 3.03. The van der Waals surface area contributed by atoms with E-state index in [0.29, 0.717) is 35.2 Å². The Morgan fingerprint density at radius 1 is 1.22 bits per heavy atom. The van der Waals surface area contributed by atoms with E-state index in [2.05, 4.69) is 10.3 Å². The van der Waals surface area contributed by atoms with Crippen LogP contribution in [0.5, 0.6) is 0 Å². The van der Waals surface area contributed by atoms with E-state index in [4.69, 9.17) is 11.6 Å². The fraction of sp³-hybridized carbons (Fsp3) is 0.176. The number of halogens is 2. The van der Waals surface area contributed by atoms with Crippen LogP contribution in [0.15, 0.2) is 53.5 Å². The number of urea groups is 1. The molecular weight excluding hydrogens is 317 g/mol. The maximum absolute atomic E-state index is 13.2. The van der Waals surface area contributed by atoms with Crippen LogP contribution in [-0.2, 0) is 0 Å². The number of amides is 2. The van der Waals surface area contributed by atoms with Gasteiger partial charge in [-0.15, -0.1) is 0 Å². The Morgan fingerprint density at radius 3 is 2.65 bits per heavy atom. The van der Waals surface area contributed by atoms with E-state index in [-0.39, 0.29) is 11.8 Å². The lowest BCUT2D eigenvalue weighted by Crippen LogP contribution is -2.39. The van der Waals surface area contributed by atoms with E-state index in [9.17, 15) is 9.18 Å². The fourth-order valence-electron chi connectivity index (χ4n) is 2.43. The van der Waals surface area contributed by atoms with Gasteiger partial charge in [-0.25, -0.2) is 9.18 Å². The first kappa shape index (κ1) is 15.5. The lowest BCUT2D eigenvalue weighted by molar-refractivity contribution is 0.259. The SMILES string of the molecule is O=C(Nc1cccc(Cl)c1)N(C1=NCCC1)c1ccc(F)cc1. The summed E-state index contributed by atoms with van der Waals surface area (Å²) >= 11 is 5.94. The molecule has 0 aliphatic carbocycles. The number of hydrogen-bond acceptors (Lipinski definition) is 2. The molecule has 0 fully saturated rings. The first-order valence-corrected chi connectivity index (χ1v) is 7.67. The molecule has 2 aromatic rings. The molecule has 6 heteroatoms. The molecular formula is C17H15ClFN3O. The third kappa shape index (κ3) is 3.68. The number of anilines is 2. The number of rotatable bonds is 2. The van der Waals surface area contributed by atoms with Gasteiger partial charge in [-0.1, -0.05) is 17.7 Å². The van der Waals surface area contributed by atoms with Crippen molar-refractivity contribution in [3.63, 3.8) is 0 Å². The van der Waals surface area contributed by atoms with Crippen LogP contribution in [0.25, 0.3) is 0 Å². The summed E-state index contributed by atoms with van der Waals surface area (Å²) in [6.45, 7) is 0.692. The van der Waals surface area contributed by atoms with Crippen LogP contribution >= 0.6 is 11.6 Å². The van der Waals surface area contributed by atoms with Gasteiger partial charge in [0.05, 0.1) is 5.69 Å². The predicted octanol–water partition coefficient (Wildman–Crippen LogP) is 4.71. The highest BCUT2D eigenvalue weighted by atomic mass is 35.5. The molecule has 0 radical (unpaired) electrons. The smallest absolute Gasteiger partial charge is 0.307 e. The van der Waals surface area contributed by atoms with Crippen LogP contribution in [-0.4, -0.2) is 18.4 Å². The minimum atomic E-state index is -0.350. The van der Waals surface area contributed by atoms with Gasteiger partial charge in [0.2, 0.25) is 0 Å². The molecule has 2 aromatic carbocycles. The molecule has 0 unspecified atom stereocenters. The van der Waals surface area contributed by atoms with Crippen molar-refractivity contribution in [2.75, 3.05) is 16.8 Å². The number of hydrogen-bond donors (Lipinski definition) is 1. The topological polar surface area (TPSA) is 44.7 Å². The minimum Gasteiger partial charge on any atom is -0.307 e. The highest BCUT2D eigenvalue weighted by molar-refractivity contribution is 6.31. The van der Waals surface area contributed by atoms with E-state index in [1.165, 1.54) is 17.0 Å². The zero-order valence-corrected chi connectivity index (χ0v) is 13.1. The van der Waals surface area contributed by atoms with Crippen LogP contribution in [0.4, 0.5) is 20.6 Å². The Labute approximate surface area is 138 Å². The minimum absolute atomic E-state index is 0.348. The van der Waals surface area contributed by atoms with Crippen molar-refractivity contribution in [1.82, 2.24) is 0 Å². The number of nitrogens with one attached hydrogen (secondary N) is 1. The summed E-state index contributed by atoms with van der Waals surface area (Å²) in [5, 5.41) is 3.34. The first-order chi connectivity index (χ1) is 11.1. The lowest BCUT2D eigenvalue weighted by atomic mass is 10.2. The molecule has 0 spiro atoms. The molecule has 0 aromatic heterocycles. The van der Waals surface area contributed by atoms with Gasteiger partial charge in [0, 0.05) is 23.7 Å². The molecule has 0 saturated carbocycles. The number of nitrogens with zero attached hydrogens (tertiary/aromatic N) is 2. The van der Waals surface area contributed by atoms with E-state index in [1.807, 2.05) is 0 Å². The van der Waals surface area contributed by atoms with Gasteiger partial charge >= 0.3 is 6.03 Å². The Kier molecular flexibility index (Phi) is 4.57. The Hall–Kier alpha value is -2.40. The number of benzene rings is 2. The van der Waals surface area contributed by atoms with Crippen LogP contribution in [0, 0.1) is 5.82 Å². The van der Waals surface area contributed by atoms with Crippen molar-refractivity contribution < 1.29 is 9.18 Å². The molecule has 1 aliphatic rings. The predicted molar refractivity (Wildman–Crippen MR) is 90.9 cm³/mol. The number of aliphatic imine (C=N–C) groups is 1. The van der Waals surface area contributed by atoms with E-state index in [1.54, 1.807) is 36.4 Å². The van der Waals surface area contributed by atoms with Crippen molar-refractivity contribution >= 4 is 34.8 Å². The Morgan fingerprint density at radius 2 is 2.00 bits per heavy atom. The van der Waals surface area contributed by atoms with Crippen LogP contribution in [0.3, 0.4) is 0 Å². The second kappa shape index (κ2) is 6.79. The molecule has 0 atom stereocenters. The third-order valence-electron chi connectivity index (χ3n) is 3.47. The van der Waals surface area contributed by atoms with Crippen molar-refractivity contribution in [1.29, 1.82) is 0 Å².